The fraction of sp³-hybridized carbons (Fsp3) is 0.0667. The van der Waals surface area contributed by atoms with E-state index >= 15 is 0 Å². The lowest BCUT2D eigenvalue weighted by Crippen LogP contribution is -2.08. The molecule has 0 amide bonds. The number of benzene rings is 6. The molecule has 0 aliphatic heterocycles. The van der Waals surface area contributed by atoms with E-state index in [4.69, 9.17) is 8.83 Å². The summed E-state index contributed by atoms with van der Waals surface area (Å²) in [5.74, 6) is 1.60. The number of nitrogens with one attached hydrogen (secondary N) is 1. The number of halogens is 1. The fourth-order valence-electron chi connectivity index (χ4n) is 5.40. The van der Waals surface area contributed by atoms with Gasteiger partial charge in [-0.2, -0.15) is 0 Å². The van der Waals surface area contributed by atoms with Crippen molar-refractivity contribution in [3.05, 3.63) is 173 Å². The fourth-order valence-corrected chi connectivity index (χ4v) is 5.66. The predicted octanol–water partition coefficient (Wildman–Crippen LogP) is 12.7. The van der Waals surface area contributed by atoms with Crippen LogP contribution in [0.2, 0.25) is 0 Å². The van der Waals surface area contributed by atoms with Gasteiger partial charge in [0, 0.05) is 68.7 Å². The Bertz CT molecular complexity index is 2350. The number of rotatable bonds is 7. The molecule has 8 aromatic rings. The molecule has 0 radical (unpaired) electrons. The average molecular weight is 752 g/mol. The predicted molar refractivity (Wildman–Crippen MR) is 219 cm³/mol. The van der Waals surface area contributed by atoms with Gasteiger partial charge in [0.15, 0.2) is 0 Å². The summed E-state index contributed by atoms with van der Waals surface area (Å²) >= 11 is 3.40. The lowest BCUT2D eigenvalue weighted by atomic mass is 10.1. The van der Waals surface area contributed by atoms with Crippen LogP contribution < -0.4 is 10.2 Å². The maximum absolute atomic E-state index is 10.9. The number of furan rings is 2. The third-order valence-electron chi connectivity index (χ3n) is 8.23. The second-order valence-corrected chi connectivity index (χ2v) is 12.5. The van der Waals surface area contributed by atoms with Gasteiger partial charge in [-0.3, -0.25) is 9.59 Å². The molecule has 0 fully saturated rings. The summed E-state index contributed by atoms with van der Waals surface area (Å²) in [7, 11) is 3.96. The summed E-state index contributed by atoms with van der Waals surface area (Å²) in [5.41, 5.74) is 8.13. The Kier molecular flexibility index (Phi) is 12.6. The van der Waals surface area contributed by atoms with Gasteiger partial charge in [-0.05, 0) is 84.9 Å². The highest BCUT2D eigenvalue weighted by Crippen LogP contribution is 2.32. The van der Waals surface area contributed by atoms with Crippen LogP contribution in [-0.4, -0.2) is 26.7 Å². The Morgan fingerprint density at radius 3 is 1.44 bits per heavy atom. The second-order valence-electron chi connectivity index (χ2n) is 11.6. The van der Waals surface area contributed by atoms with Crippen LogP contribution in [0.5, 0.6) is 0 Å². The number of anilines is 3. The van der Waals surface area contributed by atoms with Crippen molar-refractivity contribution < 1.29 is 18.4 Å². The number of hydrogen-bond donors (Lipinski definition) is 1. The molecular weight excluding hydrogens is 712 g/mol. The average Bonchev–Trinajstić information content (AvgIpc) is 3.83. The summed E-state index contributed by atoms with van der Waals surface area (Å²) in [6, 6.07) is 51.4. The molecule has 0 atom stereocenters. The van der Waals surface area contributed by atoms with E-state index in [9.17, 15) is 9.59 Å². The van der Waals surface area contributed by atoms with Crippen LogP contribution in [0.4, 0.5) is 17.1 Å². The molecule has 6 nitrogen and oxygen atoms in total. The maximum Gasteiger partial charge on any atom is 0.150 e. The van der Waals surface area contributed by atoms with Crippen LogP contribution in [0.15, 0.2) is 171 Å². The molecule has 2 heterocycles. The molecule has 52 heavy (non-hydrogen) atoms. The zero-order valence-corrected chi connectivity index (χ0v) is 29.7. The van der Waals surface area contributed by atoms with Gasteiger partial charge >= 0.3 is 0 Å². The molecule has 0 aliphatic rings. The van der Waals surface area contributed by atoms with Gasteiger partial charge in [-0.25, -0.2) is 0 Å². The van der Waals surface area contributed by atoms with E-state index in [1.165, 1.54) is 0 Å². The van der Waals surface area contributed by atoms with Crippen molar-refractivity contribution in [3.8, 4) is 22.6 Å². The topological polar surface area (TPSA) is 75.7 Å². The van der Waals surface area contributed by atoms with E-state index in [2.05, 4.69) is 50.4 Å². The Labute approximate surface area is 312 Å². The van der Waals surface area contributed by atoms with Crippen LogP contribution in [-0.2, 0) is 0 Å². The van der Waals surface area contributed by atoms with Gasteiger partial charge in [0.2, 0.25) is 0 Å². The Hall–Kier alpha value is -6.18. The van der Waals surface area contributed by atoms with Crippen LogP contribution in [0.25, 0.3) is 44.6 Å². The maximum atomic E-state index is 10.9. The van der Waals surface area contributed by atoms with E-state index in [0.29, 0.717) is 11.1 Å². The van der Waals surface area contributed by atoms with Crippen molar-refractivity contribution >= 4 is 67.5 Å². The van der Waals surface area contributed by atoms with Crippen molar-refractivity contribution in [2.75, 3.05) is 24.3 Å². The Morgan fingerprint density at radius 2 is 1.00 bits per heavy atom. The first kappa shape index (κ1) is 37.1. The summed E-state index contributed by atoms with van der Waals surface area (Å²) in [4.78, 5) is 23.8. The molecular formula is C45H39BrN2O4. The summed E-state index contributed by atoms with van der Waals surface area (Å²) < 4.78 is 12.7. The van der Waals surface area contributed by atoms with Gasteiger partial charge in [-0.15, -0.1) is 0 Å². The molecule has 6 aromatic carbocycles. The number of para-hydroxylation sites is 2. The molecule has 8 rings (SSSR count). The van der Waals surface area contributed by atoms with E-state index in [0.717, 1.165) is 78.7 Å². The highest BCUT2D eigenvalue weighted by molar-refractivity contribution is 9.10. The first-order chi connectivity index (χ1) is 24.9. The molecule has 2 aromatic heterocycles. The molecule has 0 bridgehead atoms. The number of carbonyl (C=O) groups excluding carboxylic acids is 2. The number of fused-ring (bicyclic) bond motifs is 2. The van der Waals surface area contributed by atoms with Gasteiger partial charge in [0.1, 0.15) is 35.3 Å². The smallest absolute Gasteiger partial charge is 0.150 e. The molecule has 0 spiro atoms. The van der Waals surface area contributed by atoms with Crippen LogP contribution in [0, 0.1) is 0 Å². The van der Waals surface area contributed by atoms with Gasteiger partial charge in [0.05, 0.1) is 0 Å². The zero-order chi connectivity index (χ0) is 35.6. The molecule has 0 aliphatic carbocycles. The lowest BCUT2D eigenvalue weighted by Gasteiger charge is -2.19. The Balaban J connectivity index is 0.000000169. The number of hydrogen-bond acceptors (Lipinski definition) is 6. The first-order valence-electron chi connectivity index (χ1n) is 16.3. The first-order valence-corrected chi connectivity index (χ1v) is 17.1. The van der Waals surface area contributed by atoms with Crippen molar-refractivity contribution in [2.45, 2.75) is 7.43 Å². The van der Waals surface area contributed by atoms with Crippen LogP contribution >= 0.6 is 15.9 Å². The van der Waals surface area contributed by atoms with E-state index in [-0.39, 0.29) is 7.43 Å². The minimum atomic E-state index is 0. The summed E-state index contributed by atoms with van der Waals surface area (Å²) in [6.45, 7) is 0. The third kappa shape index (κ3) is 9.13. The van der Waals surface area contributed by atoms with Gasteiger partial charge in [0.25, 0.3) is 0 Å². The Morgan fingerprint density at radius 1 is 0.558 bits per heavy atom. The van der Waals surface area contributed by atoms with Crippen LogP contribution in [0.3, 0.4) is 0 Å². The summed E-state index contributed by atoms with van der Waals surface area (Å²) in [6.07, 6.45) is 1.65. The highest BCUT2D eigenvalue weighted by atomic mass is 79.9. The normalized spacial score (nSPS) is 10.2. The van der Waals surface area contributed by atoms with Gasteiger partial charge < -0.3 is 19.1 Å². The van der Waals surface area contributed by atoms with E-state index < -0.39 is 0 Å². The molecule has 0 saturated carbocycles. The number of nitrogens with zero attached hydrogens (tertiary/aromatic N) is 1. The van der Waals surface area contributed by atoms with Crippen molar-refractivity contribution in [3.63, 3.8) is 0 Å². The zero-order valence-electron chi connectivity index (χ0n) is 28.1. The SMILES string of the molecule is C.CN(c1ccccc1)c1ccc(-c2cc3ccc(C=O)cc3o2)cc1.CNc1ccccc1.O=Cc1ccc2cc(-c3ccc(Br)cc3)oc2c1. The number of carbonyl (C=O) groups is 2. The standard InChI is InChI=1S/C22H17NO2.C15H9BrO2.C7H9N.CH4/c1-23(19-5-3-2-4-6-19)20-11-9-17(10-12-20)22-14-18-8-7-16(15-24)13-21(18)25-22;16-13-5-3-11(4-6-13)15-8-12-2-1-10(9-17)7-14(12)18-15;1-8-7-5-3-2-4-6-7;/h2-15H,1H3;1-9H;2-6,8H,1H3;1H4. The number of aldehydes is 2. The quantitative estimate of drug-likeness (QED) is 0.163. The van der Waals surface area contributed by atoms with E-state index in [1.807, 2.05) is 123 Å². The largest absolute Gasteiger partial charge is 0.456 e. The van der Waals surface area contributed by atoms with Crippen LogP contribution in [0.1, 0.15) is 28.1 Å². The molecule has 1 N–H and O–H groups in total. The van der Waals surface area contributed by atoms with Crippen molar-refractivity contribution in [1.29, 1.82) is 0 Å². The second kappa shape index (κ2) is 17.7. The molecule has 260 valence electrons. The molecule has 0 saturated heterocycles. The molecule has 0 unspecified atom stereocenters. The lowest BCUT2D eigenvalue weighted by molar-refractivity contribution is 0.111. The monoisotopic (exact) mass is 750 g/mol. The van der Waals surface area contributed by atoms with Gasteiger partial charge in [-0.1, -0.05) is 96.2 Å². The molecule has 7 heteroatoms. The van der Waals surface area contributed by atoms with Crippen molar-refractivity contribution in [1.82, 2.24) is 0 Å². The van der Waals surface area contributed by atoms with Crippen molar-refractivity contribution in [2.24, 2.45) is 0 Å². The third-order valence-corrected chi connectivity index (χ3v) is 8.76. The highest BCUT2D eigenvalue weighted by Gasteiger charge is 2.09. The minimum absolute atomic E-state index is 0. The van der Waals surface area contributed by atoms with E-state index in [1.54, 1.807) is 24.3 Å². The summed E-state index contributed by atoms with van der Waals surface area (Å²) in [5, 5.41) is 5.02. The minimum Gasteiger partial charge on any atom is -0.456 e.